The molecular formula is C20H22ClN3O3. The maximum absolute atomic E-state index is 12.3. The number of carbonyl (C=O) groups is 1. The standard InChI is InChI=1S/C20H22ClN3O3/c1-26-19-8-6-18(7-9-19)23-10-12-24(13-11-23)20(25)15-27-22-14-16-2-4-17(21)5-3-16/h2-9,14H,10-13,15H2,1H3/b22-14-. The summed E-state index contributed by atoms with van der Waals surface area (Å²) >= 11 is 5.83. The van der Waals surface area contributed by atoms with Gasteiger partial charge in [0.1, 0.15) is 5.75 Å². The Balaban J connectivity index is 1.42. The van der Waals surface area contributed by atoms with Gasteiger partial charge in [-0.3, -0.25) is 4.79 Å². The van der Waals surface area contributed by atoms with Gasteiger partial charge >= 0.3 is 0 Å². The second-order valence-corrected chi connectivity index (χ2v) is 6.56. The van der Waals surface area contributed by atoms with E-state index in [0.717, 1.165) is 30.1 Å². The molecule has 7 heteroatoms. The van der Waals surface area contributed by atoms with Gasteiger partial charge in [-0.15, -0.1) is 0 Å². The molecule has 3 rings (SSSR count). The van der Waals surface area contributed by atoms with E-state index in [1.807, 2.05) is 36.4 Å². The van der Waals surface area contributed by atoms with Crippen molar-refractivity contribution in [2.24, 2.45) is 5.16 Å². The fraction of sp³-hybridized carbons (Fsp3) is 0.300. The summed E-state index contributed by atoms with van der Waals surface area (Å²) in [6.45, 7) is 2.83. The van der Waals surface area contributed by atoms with Gasteiger partial charge in [0.05, 0.1) is 13.3 Å². The molecule has 0 bridgehead atoms. The van der Waals surface area contributed by atoms with E-state index in [2.05, 4.69) is 10.1 Å². The third-order valence-corrected chi connectivity index (χ3v) is 4.66. The smallest absolute Gasteiger partial charge is 0.263 e. The first-order valence-electron chi connectivity index (χ1n) is 8.73. The van der Waals surface area contributed by atoms with Gasteiger partial charge in [-0.2, -0.15) is 0 Å². The van der Waals surface area contributed by atoms with Crippen LogP contribution >= 0.6 is 11.6 Å². The average molecular weight is 388 g/mol. The van der Waals surface area contributed by atoms with Crippen LogP contribution in [0, 0.1) is 0 Å². The van der Waals surface area contributed by atoms with Crippen molar-refractivity contribution in [1.29, 1.82) is 0 Å². The van der Waals surface area contributed by atoms with Crippen LogP contribution in [-0.4, -0.2) is 56.9 Å². The molecule has 1 heterocycles. The molecule has 1 aliphatic rings. The lowest BCUT2D eigenvalue weighted by Crippen LogP contribution is -2.49. The van der Waals surface area contributed by atoms with E-state index in [1.54, 1.807) is 30.4 Å². The molecule has 0 atom stereocenters. The van der Waals surface area contributed by atoms with E-state index in [-0.39, 0.29) is 12.5 Å². The maximum atomic E-state index is 12.3. The molecule has 0 saturated carbocycles. The normalized spacial score (nSPS) is 14.4. The molecule has 6 nitrogen and oxygen atoms in total. The van der Waals surface area contributed by atoms with Gasteiger partial charge in [0.15, 0.2) is 6.61 Å². The average Bonchev–Trinajstić information content (AvgIpc) is 2.72. The Morgan fingerprint density at radius 1 is 1.07 bits per heavy atom. The Hall–Kier alpha value is -2.73. The second kappa shape index (κ2) is 9.28. The van der Waals surface area contributed by atoms with Gasteiger partial charge in [-0.1, -0.05) is 28.9 Å². The van der Waals surface area contributed by atoms with Crippen molar-refractivity contribution >= 4 is 29.4 Å². The number of oxime groups is 1. The minimum atomic E-state index is -0.0629. The van der Waals surface area contributed by atoms with Gasteiger partial charge in [0.25, 0.3) is 5.91 Å². The number of anilines is 1. The second-order valence-electron chi connectivity index (χ2n) is 6.13. The molecule has 1 amide bonds. The zero-order valence-corrected chi connectivity index (χ0v) is 15.9. The minimum absolute atomic E-state index is 0.0577. The number of carbonyl (C=O) groups excluding carboxylic acids is 1. The minimum Gasteiger partial charge on any atom is -0.497 e. The number of amides is 1. The number of hydrogen-bond acceptors (Lipinski definition) is 5. The van der Waals surface area contributed by atoms with Gasteiger partial charge in [-0.25, -0.2) is 0 Å². The Kier molecular flexibility index (Phi) is 6.54. The first-order chi connectivity index (χ1) is 13.2. The molecule has 0 radical (unpaired) electrons. The molecule has 27 heavy (non-hydrogen) atoms. The van der Waals surface area contributed by atoms with Crippen molar-refractivity contribution in [1.82, 2.24) is 4.90 Å². The third kappa shape index (κ3) is 5.37. The predicted molar refractivity (Wildman–Crippen MR) is 107 cm³/mol. The van der Waals surface area contributed by atoms with Crippen LogP contribution in [0.5, 0.6) is 5.75 Å². The van der Waals surface area contributed by atoms with E-state index in [0.29, 0.717) is 18.1 Å². The number of methoxy groups -OCH3 is 1. The molecular weight excluding hydrogens is 366 g/mol. The molecule has 2 aromatic carbocycles. The molecule has 0 unspecified atom stereocenters. The quantitative estimate of drug-likeness (QED) is 0.564. The largest absolute Gasteiger partial charge is 0.497 e. The van der Waals surface area contributed by atoms with E-state index < -0.39 is 0 Å². The van der Waals surface area contributed by atoms with Crippen molar-refractivity contribution in [2.45, 2.75) is 0 Å². The molecule has 0 aliphatic carbocycles. The lowest BCUT2D eigenvalue weighted by Gasteiger charge is -2.35. The van der Waals surface area contributed by atoms with E-state index in [1.165, 1.54) is 0 Å². The van der Waals surface area contributed by atoms with E-state index >= 15 is 0 Å². The van der Waals surface area contributed by atoms with Crippen molar-refractivity contribution in [3.8, 4) is 5.75 Å². The Morgan fingerprint density at radius 3 is 2.37 bits per heavy atom. The molecule has 0 aromatic heterocycles. The Morgan fingerprint density at radius 2 is 1.74 bits per heavy atom. The van der Waals surface area contributed by atoms with Crippen molar-refractivity contribution in [3.05, 3.63) is 59.1 Å². The molecule has 0 spiro atoms. The highest BCUT2D eigenvalue weighted by atomic mass is 35.5. The van der Waals surface area contributed by atoms with Crippen LogP contribution in [0.3, 0.4) is 0 Å². The first-order valence-corrected chi connectivity index (χ1v) is 9.11. The fourth-order valence-electron chi connectivity index (χ4n) is 2.84. The maximum Gasteiger partial charge on any atom is 0.263 e. The third-order valence-electron chi connectivity index (χ3n) is 4.40. The van der Waals surface area contributed by atoms with Gasteiger partial charge in [0, 0.05) is 36.9 Å². The Bertz CT molecular complexity index is 770. The summed E-state index contributed by atoms with van der Waals surface area (Å²) in [5.74, 6) is 0.779. The Labute approximate surface area is 163 Å². The van der Waals surface area contributed by atoms with E-state index in [9.17, 15) is 4.79 Å². The topological polar surface area (TPSA) is 54.4 Å². The van der Waals surface area contributed by atoms with Crippen LogP contribution in [0.1, 0.15) is 5.56 Å². The summed E-state index contributed by atoms with van der Waals surface area (Å²) in [5.41, 5.74) is 1.99. The van der Waals surface area contributed by atoms with Crippen LogP contribution in [0.2, 0.25) is 5.02 Å². The molecule has 1 fully saturated rings. The monoisotopic (exact) mass is 387 g/mol. The number of ether oxygens (including phenoxy) is 1. The molecule has 142 valence electrons. The number of hydrogen-bond donors (Lipinski definition) is 0. The zero-order valence-electron chi connectivity index (χ0n) is 15.2. The lowest BCUT2D eigenvalue weighted by atomic mass is 10.2. The molecule has 0 N–H and O–H groups in total. The molecule has 1 aliphatic heterocycles. The van der Waals surface area contributed by atoms with Crippen LogP contribution in [0.15, 0.2) is 53.7 Å². The summed E-state index contributed by atoms with van der Waals surface area (Å²) < 4.78 is 5.18. The van der Waals surface area contributed by atoms with Crippen LogP contribution < -0.4 is 9.64 Å². The predicted octanol–water partition coefficient (Wildman–Crippen LogP) is 3.05. The van der Waals surface area contributed by atoms with Crippen molar-refractivity contribution < 1.29 is 14.4 Å². The van der Waals surface area contributed by atoms with Crippen molar-refractivity contribution in [3.63, 3.8) is 0 Å². The highest BCUT2D eigenvalue weighted by Gasteiger charge is 2.21. The first kappa shape index (κ1) is 19.0. The zero-order chi connectivity index (χ0) is 19.1. The number of nitrogens with zero attached hydrogens (tertiary/aromatic N) is 3. The van der Waals surface area contributed by atoms with Crippen LogP contribution in [0.25, 0.3) is 0 Å². The molecule has 2 aromatic rings. The van der Waals surface area contributed by atoms with Crippen LogP contribution in [-0.2, 0) is 9.63 Å². The highest BCUT2D eigenvalue weighted by molar-refractivity contribution is 6.30. The lowest BCUT2D eigenvalue weighted by molar-refractivity contribution is -0.136. The van der Waals surface area contributed by atoms with Gasteiger partial charge < -0.3 is 19.4 Å². The van der Waals surface area contributed by atoms with Gasteiger partial charge in [-0.05, 0) is 42.0 Å². The van der Waals surface area contributed by atoms with E-state index in [4.69, 9.17) is 21.2 Å². The SMILES string of the molecule is COc1ccc(N2CCN(C(=O)CO/N=C\c3ccc(Cl)cc3)CC2)cc1. The number of piperazine rings is 1. The fourth-order valence-corrected chi connectivity index (χ4v) is 2.96. The summed E-state index contributed by atoms with van der Waals surface area (Å²) in [6, 6.07) is 15.2. The number of rotatable bonds is 6. The summed E-state index contributed by atoms with van der Waals surface area (Å²) in [4.78, 5) is 21.4. The van der Waals surface area contributed by atoms with Gasteiger partial charge in [0.2, 0.25) is 0 Å². The van der Waals surface area contributed by atoms with Crippen LogP contribution in [0.4, 0.5) is 5.69 Å². The van der Waals surface area contributed by atoms with Crippen molar-refractivity contribution in [2.75, 3.05) is 44.8 Å². The number of halogens is 1. The number of benzene rings is 2. The summed E-state index contributed by atoms with van der Waals surface area (Å²) in [5, 5.41) is 4.51. The summed E-state index contributed by atoms with van der Waals surface area (Å²) in [7, 11) is 1.65. The molecule has 1 saturated heterocycles. The summed E-state index contributed by atoms with van der Waals surface area (Å²) in [6.07, 6.45) is 1.56. The highest BCUT2D eigenvalue weighted by Crippen LogP contribution is 2.20.